The van der Waals surface area contributed by atoms with Crippen LogP contribution in [0.3, 0.4) is 0 Å². The number of nitrogens with one attached hydrogen (secondary N) is 2. The van der Waals surface area contributed by atoms with Crippen molar-refractivity contribution in [3.8, 4) is 0 Å². The molecule has 0 aromatic rings. The van der Waals surface area contributed by atoms with Crippen molar-refractivity contribution in [2.24, 2.45) is 5.73 Å². The Balaban J connectivity index is 3.45. The molecule has 3 amide bonds. The van der Waals surface area contributed by atoms with Gasteiger partial charge in [0, 0.05) is 18.8 Å². The standard InChI is InChI=1S/C9H19N3O2S/c1-2-3-5-11-9(14)12-8(13)7-15-6-4-10/h2-7,10H2,1H3,(H2,11,12,13,14). The molecule has 5 nitrogen and oxygen atoms in total. The minimum Gasteiger partial charge on any atom is -0.338 e. The van der Waals surface area contributed by atoms with E-state index in [1.165, 1.54) is 11.8 Å². The van der Waals surface area contributed by atoms with Crippen LogP contribution in [0, 0.1) is 0 Å². The van der Waals surface area contributed by atoms with Crippen molar-refractivity contribution in [3.63, 3.8) is 0 Å². The molecule has 4 N–H and O–H groups in total. The topological polar surface area (TPSA) is 84.2 Å². The molecular formula is C9H19N3O2S. The first kappa shape index (κ1) is 14.2. The zero-order valence-electron chi connectivity index (χ0n) is 9.04. The minimum absolute atomic E-state index is 0.276. The number of amides is 3. The number of nitrogens with two attached hydrogens (primary N) is 1. The van der Waals surface area contributed by atoms with E-state index >= 15 is 0 Å². The molecule has 0 rings (SSSR count). The van der Waals surface area contributed by atoms with Gasteiger partial charge in [0.15, 0.2) is 0 Å². The normalized spacial score (nSPS) is 9.73. The zero-order valence-corrected chi connectivity index (χ0v) is 9.86. The van der Waals surface area contributed by atoms with E-state index in [1.807, 2.05) is 6.92 Å². The number of imide groups is 1. The predicted molar refractivity (Wildman–Crippen MR) is 62.8 cm³/mol. The molecule has 0 fully saturated rings. The summed E-state index contributed by atoms with van der Waals surface area (Å²) < 4.78 is 0. The summed E-state index contributed by atoms with van der Waals surface area (Å²) in [4.78, 5) is 22.2. The van der Waals surface area contributed by atoms with Crippen LogP contribution in [0.1, 0.15) is 19.8 Å². The summed E-state index contributed by atoms with van der Waals surface area (Å²) in [5.74, 6) is 0.728. The Labute approximate surface area is 94.5 Å². The summed E-state index contributed by atoms with van der Waals surface area (Å²) >= 11 is 1.41. The Morgan fingerprint density at radius 1 is 1.40 bits per heavy atom. The number of carbonyl (C=O) groups excluding carboxylic acids is 2. The molecule has 88 valence electrons. The predicted octanol–water partition coefficient (Wildman–Crippen LogP) is 0.304. The van der Waals surface area contributed by atoms with Crippen LogP contribution in [-0.4, -0.2) is 36.5 Å². The summed E-state index contributed by atoms with van der Waals surface area (Å²) in [7, 11) is 0. The Morgan fingerprint density at radius 3 is 2.73 bits per heavy atom. The van der Waals surface area contributed by atoms with Gasteiger partial charge in [-0.25, -0.2) is 4.79 Å². The van der Waals surface area contributed by atoms with E-state index in [4.69, 9.17) is 5.73 Å². The van der Waals surface area contributed by atoms with E-state index in [-0.39, 0.29) is 11.7 Å². The van der Waals surface area contributed by atoms with Crippen LogP contribution in [0.25, 0.3) is 0 Å². The maximum Gasteiger partial charge on any atom is 0.321 e. The molecule has 0 bridgehead atoms. The number of rotatable bonds is 7. The van der Waals surface area contributed by atoms with Gasteiger partial charge in [-0.2, -0.15) is 11.8 Å². The Bertz CT molecular complexity index is 180. The fourth-order valence-electron chi connectivity index (χ4n) is 0.834. The van der Waals surface area contributed by atoms with E-state index in [0.717, 1.165) is 18.6 Å². The largest absolute Gasteiger partial charge is 0.338 e. The number of urea groups is 1. The number of hydrogen-bond donors (Lipinski definition) is 3. The van der Waals surface area contributed by atoms with E-state index < -0.39 is 6.03 Å². The lowest BCUT2D eigenvalue weighted by Gasteiger charge is -2.05. The summed E-state index contributed by atoms with van der Waals surface area (Å²) in [6, 6.07) is -0.415. The van der Waals surface area contributed by atoms with Crippen molar-refractivity contribution in [1.82, 2.24) is 10.6 Å². The van der Waals surface area contributed by atoms with Gasteiger partial charge in [0.25, 0.3) is 0 Å². The van der Waals surface area contributed by atoms with Crippen LogP contribution in [0.4, 0.5) is 4.79 Å². The molecule has 0 unspecified atom stereocenters. The van der Waals surface area contributed by atoms with Crippen LogP contribution >= 0.6 is 11.8 Å². The third kappa shape index (κ3) is 9.55. The van der Waals surface area contributed by atoms with Gasteiger partial charge in [-0.1, -0.05) is 13.3 Å². The average Bonchev–Trinajstić information content (AvgIpc) is 2.18. The van der Waals surface area contributed by atoms with Crippen molar-refractivity contribution in [2.45, 2.75) is 19.8 Å². The number of unbranched alkanes of at least 4 members (excludes halogenated alkanes) is 1. The van der Waals surface area contributed by atoms with Gasteiger partial charge in [0.2, 0.25) is 5.91 Å². The average molecular weight is 233 g/mol. The lowest BCUT2D eigenvalue weighted by Crippen LogP contribution is -2.40. The van der Waals surface area contributed by atoms with Crippen LogP contribution < -0.4 is 16.4 Å². The summed E-state index contributed by atoms with van der Waals surface area (Å²) in [5, 5.41) is 4.85. The maximum atomic E-state index is 11.1. The van der Waals surface area contributed by atoms with E-state index in [9.17, 15) is 9.59 Å². The Morgan fingerprint density at radius 2 is 2.13 bits per heavy atom. The number of thioether (sulfide) groups is 1. The molecule has 0 aliphatic carbocycles. The van der Waals surface area contributed by atoms with Crippen LogP contribution in [0.15, 0.2) is 0 Å². The van der Waals surface area contributed by atoms with E-state index in [1.54, 1.807) is 0 Å². The van der Waals surface area contributed by atoms with Crippen LogP contribution in [-0.2, 0) is 4.79 Å². The molecule has 0 aromatic heterocycles. The number of hydrogen-bond acceptors (Lipinski definition) is 4. The third-order valence-electron chi connectivity index (χ3n) is 1.56. The van der Waals surface area contributed by atoms with Crippen molar-refractivity contribution >= 4 is 23.7 Å². The van der Waals surface area contributed by atoms with Gasteiger partial charge in [-0.3, -0.25) is 10.1 Å². The molecule has 0 atom stereocenters. The van der Waals surface area contributed by atoms with Gasteiger partial charge < -0.3 is 11.1 Å². The fraction of sp³-hybridized carbons (Fsp3) is 0.778. The van der Waals surface area contributed by atoms with Crippen molar-refractivity contribution < 1.29 is 9.59 Å². The lowest BCUT2D eigenvalue weighted by molar-refractivity contribution is -0.117. The highest BCUT2D eigenvalue weighted by Crippen LogP contribution is 1.96. The summed E-state index contributed by atoms with van der Waals surface area (Å²) in [5.41, 5.74) is 5.27. The molecule has 0 aliphatic rings. The first-order valence-corrected chi connectivity index (χ1v) is 6.21. The molecule has 0 heterocycles. The van der Waals surface area contributed by atoms with Gasteiger partial charge in [0.1, 0.15) is 0 Å². The van der Waals surface area contributed by atoms with Crippen LogP contribution in [0.2, 0.25) is 0 Å². The van der Waals surface area contributed by atoms with Crippen molar-refractivity contribution in [3.05, 3.63) is 0 Å². The monoisotopic (exact) mass is 233 g/mol. The first-order chi connectivity index (χ1) is 7.20. The van der Waals surface area contributed by atoms with Gasteiger partial charge in [-0.15, -0.1) is 0 Å². The fourth-order valence-corrected chi connectivity index (χ4v) is 1.40. The second kappa shape index (κ2) is 9.79. The third-order valence-corrected chi connectivity index (χ3v) is 2.55. The quantitative estimate of drug-likeness (QED) is 0.552. The molecule has 0 aromatic carbocycles. The molecular weight excluding hydrogens is 214 g/mol. The highest BCUT2D eigenvalue weighted by atomic mass is 32.2. The van der Waals surface area contributed by atoms with Gasteiger partial charge in [-0.05, 0) is 6.42 Å². The maximum absolute atomic E-state index is 11.1. The molecule has 0 radical (unpaired) electrons. The SMILES string of the molecule is CCCCNC(=O)NC(=O)CSCCN. The molecule has 0 aliphatic heterocycles. The second-order valence-corrected chi connectivity index (χ2v) is 4.10. The zero-order chi connectivity index (χ0) is 11.5. The molecule has 0 saturated carbocycles. The summed E-state index contributed by atoms with van der Waals surface area (Å²) in [6.45, 7) is 3.18. The second-order valence-electron chi connectivity index (χ2n) is 3.00. The molecule has 0 saturated heterocycles. The van der Waals surface area contributed by atoms with E-state index in [0.29, 0.717) is 13.1 Å². The first-order valence-electron chi connectivity index (χ1n) is 5.06. The van der Waals surface area contributed by atoms with Gasteiger partial charge in [0.05, 0.1) is 5.75 Å². The molecule has 15 heavy (non-hydrogen) atoms. The Kier molecular flexibility index (Phi) is 9.30. The number of carbonyl (C=O) groups is 2. The lowest BCUT2D eigenvalue weighted by atomic mass is 10.3. The van der Waals surface area contributed by atoms with Crippen LogP contribution in [0.5, 0.6) is 0 Å². The van der Waals surface area contributed by atoms with Crippen molar-refractivity contribution in [1.29, 1.82) is 0 Å². The molecule has 0 spiro atoms. The van der Waals surface area contributed by atoms with Gasteiger partial charge >= 0.3 is 6.03 Å². The molecule has 6 heteroatoms. The van der Waals surface area contributed by atoms with Crippen molar-refractivity contribution in [2.75, 3.05) is 24.6 Å². The summed E-state index contributed by atoms with van der Waals surface area (Å²) in [6.07, 6.45) is 1.93. The minimum atomic E-state index is -0.415. The highest BCUT2D eigenvalue weighted by Gasteiger charge is 2.05. The smallest absolute Gasteiger partial charge is 0.321 e. The highest BCUT2D eigenvalue weighted by molar-refractivity contribution is 7.99. The Hall–Kier alpha value is -0.750. The van der Waals surface area contributed by atoms with E-state index in [2.05, 4.69) is 10.6 Å².